The molecule has 2 N–H and O–H groups in total. The van der Waals surface area contributed by atoms with Crippen LogP contribution in [0.4, 0.5) is 5.69 Å². The number of rotatable bonds is 7. The van der Waals surface area contributed by atoms with Crippen LogP contribution in [0.15, 0.2) is 42.5 Å². The van der Waals surface area contributed by atoms with Crippen LogP contribution >= 0.6 is 23.2 Å². The highest BCUT2D eigenvalue weighted by Gasteiger charge is 2.13. The molecule has 0 spiro atoms. The summed E-state index contributed by atoms with van der Waals surface area (Å²) in [4.78, 5) is 26.7. The van der Waals surface area contributed by atoms with Gasteiger partial charge in [-0.2, -0.15) is 0 Å². The van der Waals surface area contributed by atoms with Crippen molar-refractivity contribution in [3.8, 4) is 0 Å². The zero-order valence-electron chi connectivity index (χ0n) is 14.7. The van der Waals surface area contributed by atoms with Gasteiger partial charge >= 0.3 is 0 Å². The molecule has 0 heterocycles. The molecule has 0 aliphatic rings. The van der Waals surface area contributed by atoms with Gasteiger partial charge in [0.25, 0.3) is 11.8 Å². The van der Waals surface area contributed by atoms with Crippen molar-refractivity contribution in [3.05, 3.63) is 63.6 Å². The van der Waals surface area contributed by atoms with E-state index >= 15 is 0 Å². The van der Waals surface area contributed by atoms with Crippen molar-refractivity contribution in [2.24, 2.45) is 0 Å². The predicted octanol–water partition coefficient (Wildman–Crippen LogP) is 3.93. The summed E-state index contributed by atoms with van der Waals surface area (Å²) in [6.45, 7) is 1.47. The SMILES string of the molecule is CN(C)CCCNC(=O)c1cccc(C(=O)Nc2cccc(Cl)c2Cl)c1. The van der Waals surface area contributed by atoms with Gasteiger partial charge < -0.3 is 15.5 Å². The molecule has 0 aliphatic carbocycles. The molecule has 0 radical (unpaired) electrons. The van der Waals surface area contributed by atoms with Crippen molar-refractivity contribution in [1.29, 1.82) is 0 Å². The van der Waals surface area contributed by atoms with Gasteiger partial charge in [-0.05, 0) is 57.4 Å². The fourth-order valence-electron chi connectivity index (χ4n) is 2.30. The third-order valence-corrected chi connectivity index (χ3v) is 4.47. The maximum atomic E-state index is 12.4. The van der Waals surface area contributed by atoms with Crippen LogP contribution in [0.2, 0.25) is 10.0 Å². The summed E-state index contributed by atoms with van der Waals surface area (Å²) in [7, 11) is 3.96. The highest BCUT2D eigenvalue weighted by atomic mass is 35.5. The fraction of sp³-hybridized carbons (Fsp3) is 0.263. The minimum atomic E-state index is -0.364. The van der Waals surface area contributed by atoms with Crippen LogP contribution in [0.1, 0.15) is 27.1 Å². The number of carbonyl (C=O) groups is 2. The Hall–Kier alpha value is -2.08. The van der Waals surface area contributed by atoms with Crippen LogP contribution in [-0.4, -0.2) is 43.9 Å². The van der Waals surface area contributed by atoms with Crippen molar-refractivity contribution in [1.82, 2.24) is 10.2 Å². The van der Waals surface area contributed by atoms with Crippen molar-refractivity contribution in [2.45, 2.75) is 6.42 Å². The minimum absolute atomic E-state index is 0.209. The van der Waals surface area contributed by atoms with Crippen molar-refractivity contribution >= 4 is 40.7 Å². The number of halogens is 2. The summed E-state index contributed by atoms with van der Waals surface area (Å²) >= 11 is 12.0. The third-order valence-electron chi connectivity index (χ3n) is 3.65. The zero-order valence-corrected chi connectivity index (χ0v) is 16.2. The molecular weight excluding hydrogens is 373 g/mol. The van der Waals surface area contributed by atoms with Gasteiger partial charge in [0, 0.05) is 17.7 Å². The minimum Gasteiger partial charge on any atom is -0.352 e. The molecule has 2 aromatic rings. The molecule has 2 aromatic carbocycles. The Morgan fingerprint density at radius 2 is 1.65 bits per heavy atom. The quantitative estimate of drug-likeness (QED) is 0.700. The van der Waals surface area contributed by atoms with Gasteiger partial charge in [-0.15, -0.1) is 0 Å². The zero-order chi connectivity index (χ0) is 19.1. The molecular formula is C19H21Cl2N3O2. The molecule has 0 bridgehead atoms. The molecule has 138 valence electrons. The van der Waals surface area contributed by atoms with Crippen molar-refractivity contribution in [2.75, 3.05) is 32.5 Å². The smallest absolute Gasteiger partial charge is 0.255 e. The fourth-order valence-corrected chi connectivity index (χ4v) is 2.64. The lowest BCUT2D eigenvalue weighted by molar-refractivity contribution is 0.0952. The molecule has 0 aliphatic heterocycles. The van der Waals surface area contributed by atoms with E-state index in [-0.39, 0.29) is 16.8 Å². The lowest BCUT2D eigenvalue weighted by atomic mass is 10.1. The second-order valence-corrected chi connectivity index (χ2v) is 6.83. The van der Waals surface area contributed by atoms with Crippen LogP contribution in [0.25, 0.3) is 0 Å². The molecule has 0 saturated heterocycles. The first-order valence-electron chi connectivity index (χ1n) is 8.17. The first-order chi connectivity index (χ1) is 12.4. The Labute approximate surface area is 163 Å². The molecule has 0 atom stereocenters. The number of nitrogens with zero attached hydrogens (tertiary/aromatic N) is 1. The average Bonchev–Trinajstić information content (AvgIpc) is 2.62. The van der Waals surface area contributed by atoms with E-state index in [1.54, 1.807) is 42.5 Å². The number of carbonyl (C=O) groups excluding carboxylic acids is 2. The Bertz CT molecular complexity index is 794. The summed E-state index contributed by atoms with van der Waals surface area (Å²) in [5, 5.41) is 6.19. The molecule has 26 heavy (non-hydrogen) atoms. The number of benzene rings is 2. The van der Waals surface area contributed by atoms with E-state index in [1.165, 1.54) is 0 Å². The summed E-state index contributed by atoms with van der Waals surface area (Å²) < 4.78 is 0. The predicted molar refractivity (Wildman–Crippen MR) is 106 cm³/mol. The number of nitrogens with one attached hydrogen (secondary N) is 2. The van der Waals surface area contributed by atoms with E-state index in [0.29, 0.717) is 28.4 Å². The Kier molecular flexibility index (Phi) is 7.45. The van der Waals surface area contributed by atoms with Crippen molar-refractivity contribution < 1.29 is 9.59 Å². The van der Waals surface area contributed by atoms with Gasteiger partial charge in [0.1, 0.15) is 0 Å². The van der Waals surface area contributed by atoms with Gasteiger partial charge in [-0.3, -0.25) is 9.59 Å². The maximum Gasteiger partial charge on any atom is 0.255 e. The van der Waals surface area contributed by atoms with Crippen LogP contribution in [0.3, 0.4) is 0 Å². The van der Waals surface area contributed by atoms with E-state index in [2.05, 4.69) is 15.5 Å². The second kappa shape index (κ2) is 9.57. The lowest BCUT2D eigenvalue weighted by Gasteiger charge is -2.11. The van der Waals surface area contributed by atoms with Gasteiger partial charge in [-0.25, -0.2) is 0 Å². The normalized spacial score (nSPS) is 10.7. The number of hydrogen-bond donors (Lipinski definition) is 2. The van der Waals surface area contributed by atoms with E-state index in [4.69, 9.17) is 23.2 Å². The molecule has 5 nitrogen and oxygen atoms in total. The van der Waals surface area contributed by atoms with Gasteiger partial charge in [0.2, 0.25) is 0 Å². The van der Waals surface area contributed by atoms with E-state index < -0.39 is 0 Å². The van der Waals surface area contributed by atoms with Crippen LogP contribution in [0.5, 0.6) is 0 Å². The lowest BCUT2D eigenvalue weighted by Crippen LogP contribution is -2.27. The number of anilines is 1. The van der Waals surface area contributed by atoms with Gasteiger partial charge in [-0.1, -0.05) is 35.3 Å². The largest absolute Gasteiger partial charge is 0.352 e. The van der Waals surface area contributed by atoms with E-state index in [9.17, 15) is 9.59 Å². The average molecular weight is 394 g/mol. The number of hydrogen-bond acceptors (Lipinski definition) is 3. The molecule has 7 heteroatoms. The highest BCUT2D eigenvalue weighted by Crippen LogP contribution is 2.29. The van der Waals surface area contributed by atoms with Gasteiger partial charge in [0.15, 0.2) is 0 Å². The highest BCUT2D eigenvalue weighted by molar-refractivity contribution is 6.44. The molecule has 2 rings (SSSR count). The Balaban J connectivity index is 2.02. The maximum absolute atomic E-state index is 12.4. The second-order valence-electron chi connectivity index (χ2n) is 6.05. The molecule has 0 fully saturated rings. The third kappa shape index (κ3) is 5.73. The molecule has 2 amide bonds. The molecule has 0 aromatic heterocycles. The van der Waals surface area contributed by atoms with Gasteiger partial charge in [0.05, 0.1) is 15.7 Å². The monoisotopic (exact) mass is 393 g/mol. The van der Waals surface area contributed by atoms with E-state index in [0.717, 1.165) is 13.0 Å². The summed E-state index contributed by atoms with van der Waals surface area (Å²) in [5.74, 6) is -0.574. The number of amides is 2. The summed E-state index contributed by atoms with van der Waals surface area (Å²) in [5.41, 5.74) is 1.21. The topological polar surface area (TPSA) is 61.4 Å². The van der Waals surface area contributed by atoms with Crippen LogP contribution < -0.4 is 10.6 Å². The van der Waals surface area contributed by atoms with Crippen molar-refractivity contribution in [3.63, 3.8) is 0 Å². The Morgan fingerprint density at radius 1 is 1.00 bits per heavy atom. The Morgan fingerprint density at radius 3 is 2.35 bits per heavy atom. The van der Waals surface area contributed by atoms with E-state index in [1.807, 2.05) is 14.1 Å². The standard InChI is InChI=1S/C19H21Cl2N3O2/c1-24(2)11-5-10-22-18(25)13-6-3-7-14(12-13)19(26)23-16-9-4-8-15(20)17(16)21/h3-4,6-9,12H,5,10-11H2,1-2H3,(H,22,25)(H,23,26). The van der Waals surface area contributed by atoms with Crippen LogP contribution in [-0.2, 0) is 0 Å². The summed E-state index contributed by atoms with van der Waals surface area (Å²) in [6.07, 6.45) is 0.853. The molecule has 0 saturated carbocycles. The first-order valence-corrected chi connectivity index (χ1v) is 8.92. The first kappa shape index (κ1) is 20.2. The summed E-state index contributed by atoms with van der Waals surface area (Å²) in [6, 6.07) is 11.5. The van der Waals surface area contributed by atoms with Crippen LogP contribution in [0, 0.1) is 0 Å². The molecule has 0 unspecified atom stereocenters.